The summed E-state index contributed by atoms with van der Waals surface area (Å²) in [5, 5.41) is 8.34. The minimum Gasteiger partial charge on any atom is -0.293 e. The molecule has 0 aromatic heterocycles. The second-order valence-corrected chi connectivity index (χ2v) is 4.40. The summed E-state index contributed by atoms with van der Waals surface area (Å²) in [4.78, 5) is 11.3. The van der Waals surface area contributed by atoms with Gasteiger partial charge in [0.05, 0.1) is 12.5 Å². The molecular weight excluding hydrogens is 345 g/mol. The SMILES string of the molecule is N#CCC(=O)c1ccc(I)c(Br)c1. The van der Waals surface area contributed by atoms with Gasteiger partial charge in [-0.15, -0.1) is 0 Å². The van der Waals surface area contributed by atoms with E-state index in [4.69, 9.17) is 5.26 Å². The smallest absolute Gasteiger partial charge is 0.176 e. The standard InChI is InChI=1S/C9H5BrINO/c10-7-5-6(1-2-8(7)11)9(13)3-4-12/h1-2,5H,3H2. The first-order chi connectivity index (χ1) is 6.15. The Morgan fingerprint density at radius 1 is 1.62 bits per heavy atom. The fourth-order valence-corrected chi connectivity index (χ4v) is 1.56. The monoisotopic (exact) mass is 349 g/mol. The average molecular weight is 350 g/mol. The van der Waals surface area contributed by atoms with Crippen LogP contribution in [0.1, 0.15) is 16.8 Å². The Hall–Kier alpha value is -0.410. The molecule has 0 radical (unpaired) electrons. The molecule has 0 bridgehead atoms. The van der Waals surface area contributed by atoms with Crippen molar-refractivity contribution in [2.24, 2.45) is 0 Å². The number of rotatable bonds is 2. The summed E-state index contributed by atoms with van der Waals surface area (Å²) in [6, 6.07) is 7.14. The molecule has 0 atom stereocenters. The minimum atomic E-state index is -0.139. The highest BCUT2D eigenvalue weighted by atomic mass is 127. The first-order valence-corrected chi connectivity index (χ1v) is 5.37. The van der Waals surface area contributed by atoms with E-state index < -0.39 is 0 Å². The van der Waals surface area contributed by atoms with Crippen LogP contribution < -0.4 is 0 Å². The van der Waals surface area contributed by atoms with Gasteiger partial charge in [-0.25, -0.2) is 0 Å². The third kappa shape index (κ3) is 2.78. The molecule has 66 valence electrons. The van der Waals surface area contributed by atoms with E-state index in [-0.39, 0.29) is 12.2 Å². The van der Waals surface area contributed by atoms with E-state index >= 15 is 0 Å². The molecule has 13 heavy (non-hydrogen) atoms. The van der Waals surface area contributed by atoms with Crippen LogP contribution in [-0.2, 0) is 0 Å². The van der Waals surface area contributed by atoms with Gasteiger partial charge in [-0.1, -0.05) is 6.07 Å². The van der Waals surface area contributed by atoms with Gasteiger partial charge in [-0.05, 0) is 50.7 Å². The van der Waals surface area contributed by atoms with Gasteiger partial charge in [-0.2, -0.15) is 5.26 Å². The highest BCUT2D eigenvalue weighted by molar-refractivity contribution is 14.1. The molecule has 0 spiro atoms. The molecule has 0 heterocycles. The van der Waals surface area contributed by atoms with Crippen LogP contribution in [0.25, 0.3) is 0 Å². The molecule has 1 rings (SSSR count). The van der Waals surface area contributed by atoms with Gasteiger partial charge in [0.1, 0.15) is 0 Å². The fourth-order valence-electron chi connectivity index (χ4n) is 0.843. The molecule has 0 N–H and O–H groups in total. The highest BCUT2D eigenvalue weighted by Gasteiger charge is 2.06. The zero-order valence-corrected chi connectivity index (χ0v) is 10.3. The summed E-state index contributed by atoms with van der Waals surface area (Å²) in [6.45, 7) is 0. The van der Waals surface area contributed by atoms with Crippen molar-refractivity contribution in [3.05, 3.63) is 31.8 Å². The van der Waals surface area contributed by atoms with E-state index in [1.807, 2.05) is 12.1 Å². The van der Waals surface area contributed by atoms with E-state index in [2.05, 4.69) is 38.5 Å². The maximum atomic E-state index is 11.3. The van der Waals surface area contributed by atoms with Gasteiger partial charge in [-0.3, -0.25) is 4.79 Å². The van der Waals surface area contributed by atoms with Crippen molar-refractivity contribution in [3.8, 4) is 6.07 Å². The number of benzene rings is 1. The Morgan fingerprint density at radius 2 is 2.31 bits per heavy atom. The van der Waals surface area contributed by atoms with Crippen molar-refractivity contribution in [2.45, 2.75) is 6.42 Å². The van der Waals surface area contributed by atoms with Crippen molar-refractivity contribution < 1.29 is 4.79 Å². The maximum Gasteiger partial charge on any atom is 0.176 e. The Labute approximate surface area is 98.2 Å². The summed E-state index contributed by atoms with van der Waals surface area (Å²) in [6.07, 6.45) is -0.0625. The zero-order chi connectivity index (χ0) is 9.84. The summed E-state index contributed by atoms with van der Waals surface area (Å²) in [5.41, 5.74) is 0.578. The molecule has 0 fully saturated rings. The summed E-state index contributed by atoms with van der Waals surface area (Å²) in [5.74, 6) is -0.139. The summed E-state index contributed by atoms with van der Waals surface area (Å²) >= 11 is 5.49. The average Bonchev–Trinajstić information content (AvgIpc) is 2.10. The van der Waals surface area contributed by atoms with Crippen LogP contribution in [0.5, 0.6) is 0 Å². The molecule has 2 nitrogen and oxygen atoms in total. The van der Waals surface area contributed by atoms with Crippen molar-refractivity contribution in [3.63, 3.8) is 0 Å². The van der Waals surface area contributed by atoms with Crippen LogP contribution in [0, 0.1) is 14.9 Å². The normalized spacial score (nSPS) is 9.31. The Bertz CT molecular complexity index is 384. The molecule has 0 aliphatic rings. The third-order valence-electron chi connectivity index (χ3n) is 1.48. The number of hydrogen-bond acceptors (Lipinski definition) is 2. The van der Waals surface area contributed by atoms with Crippen LogP contribution in [0.15, 0.2) is 22.7 Å². The number of halogens is 2. The summed E-state index contributed by atoms with van der Waals surface area (Å²) in [7, 11) is 0. The minimum absolute atomic E-state index is 0.0625. The lowest BCUT2D eigenvalue weighted by molar-refractivity contribution is 0.0997. The third-order valence-corrected chi connectivity index (χ3v) is 3.82. The maximum absolute atomic E-state index is 11.3. The quantitative estimate of drug-likeness (QED) is 0.608. The van der Waals surface area contributed by atoms with Crippen LogP contribution in [0.3, 0.4) is 0 Å². The molecule has 1 aromatic rings. The van der Waals surface area contributed by atoms with Crippen LogP contribution in [0.2, 0.25) is 0 Å². The lowest BCUT2D eigenvalue weighted by Crippen LogP contribution is -1.97. The molecule has 0 unspecified atom stereocenters. The predicted octanol–water partition coefficient (Wildman–Crippen LogP) is 3.15. The molecular formula is C9H5BrINO. The Balaban J connectivity index is 2.98. The van der Waals surface area contributed by atoms with Crippen molar-refractivity contribution in [1.29, 1.82) is 5.26 Å². The van der Waals surface area contributed by atoms with Crippen molar-refractivity contribution in [1.82, 2.24) is 0 Å². The van der Waals surface area contributed by atoms with Gasteiger partial charge >= 0.3 is 0 Å². The highest BCUT2D eigenvalue weighted by Crippen LogP contribution is 2.20. The molecule has 4 heteroatoms. The Kier molecular flexibility index (Phi) is 3.88. The van der Waals surface area contributed by atoms with Crippen molar-refractivity contribution in [2.75, 3.05) is 0 Å². The first kappa shape index (κ1) is 10.7. The van der Waals surface area contributed by atoms with E-state index in [9.17, 15) is 4.79 Å². The number of hydrogen-bond donors (Lipinski definition) is 0. The summed E-state index contributed by atoms with van der Waals surface area (Å²) < 4.78 is 1.93. The predicted molar refractivity (Wildman–Crippen MR) is 61.4 cm³/mol. The molecule has 0 amide bonds. The van der Waals surface area contributed by atoms with Gasteiger partial charge < -0.3 is 0 Å². The number of Topliss-reactive ketones (excluding diaryl/α,β-unsaturated/α-hetero) is 1. The number of ketones is 1. The fraction of sp³-hybridized carbons (Fsp3) is 0.111. The van der Waals surface area contributed by atoms with Crippen molar-refractivity contribution >= 4 is 44.3 Å². The number of carbonyl (C=O) groups excluding carboxylic acids is 1. The van der Waals surface area contributed by atoms with Crippen LogP contribution in [0.4, 0.5) is 0 Å². The van der Waals surface area contributed by atoms with Gasteiger partial charge in [0.2, 0.25) is 0 Å². The molecule has 0 aliphatic heterocycles. The van der Waals surface area contributed by atoms with E-state index in [1.165, 1.54) is 0 Å². The molecule has 1 aromatic carbocycles. The van der Waals surface area contributed by atoms with E-state index in [0.717, 1.165) is 8.04 Å². The van der Waals surface area contributed by atoms with Gasteiger partial charge in [0, 0.05) is 13.6 Å². The van der Waals surface area contributed by atoms with Gasteiger partial charge in [0.25, 0.3) is 0 Å². The Morgan fingerprint density at radius 3 is 2.85 bits per heavy atom. The molecule has 0 saturated carbocycles. The second-order valence-electron chi connectivity index (χ2n) is 2.39. The number of nitrogens with zero attached hydrogens (tertiary/aromatic N) is 1. The lowest BCUT2D eigenvalue weighted by Gasteiger charge is -1.99. The van der Waals surface area contributed by atoms with E-state index in [1.54, 1.807) is 12.1 Å². The first-order valence-electron chi connectivity index (χ1n) is 3.50. The van der Waals surface area contributed by atoms with E-state index in [0.29, 0.717) is 5.56 Å². The second kappa shape index (κ2) is 4.72. The van der Waals surface area contributed by atoms with Crippen LogP contribution in [-0.4, -0.2) is 5.78 Å². The largest absolute Gasteiger partial charge is 0.293 e. The topological polar surface area (TPSA) is 40.9 Å². The molecule has 0 aliphatic carbocycles. The van der Waals surface area contributed by atoms with Crippen LogP contribution >= 0.6 is 38.5 Å². The van der Waals surface area contributed by atoms with Gasteiger partial charge in [0.15, 0.2) is 5.78 Å². The number of carbonyl (C=O) groups is 1. The lowest BCUT2D eigenvalue weighted by atomic mass is 10.1. The number of nitriles is 1. The molecule has 0 saturated heterocycles. The zero-order valence-electron chi connectivity index (χ0n) is 6.55.